The minimum absolute atomic E-state index is 0.261. The number of amides is 1. The van der Waals surface area contributed by atoms with Crippen molar-refractivity contribution >= 4 is 5.91 Å². The van der Waals surface area contributed by atoms with Gasteiger partial charge in [-0.15, -0.1) is 0 Å². The number of aromatic nitrogens is 2. The number of imidazole rings is 1. The Balaban J connectivity index is 1.71. The van der Waals surface area contributed by atoms with E-state index in [-0.39, 0.29) is 5.92 Å². The highest BCUT2D eigenvalue weighted by Crippen LogP contribution is 2.29. The highest BCUT2D eigenvalue weighted by atomic mass is 19.1. The van der Waals surface area contributed by atoms with Crippen molar-refractivity contribution in [2.45, 2.75) is 38.6 Å². The number of piperidine rings is 1. The maximum atomic E-state index is 13.8. The summed E-state index contributed by atoms with van der Waals surface area (Å²) in [6.45, 7) is 5.15. The SMILES string of the molecule is CC(C)n1ccnc1C1CCN(C(=O)c2c(F)cccc2F)CC1. The molecule has 0 radical (unpaired) electrons. The second kappa shape index (κ2) is 6.71. The van der Waals surface area contributed by atoms with Crippen LogP contribution in [-0.2, 0) is 0 Å². The van der Waals surface area contributed by atoms with Crippen molar-refractivity contribution in [2.75, 3.05) is 13.1 Å². The number of carbonyl (C=O) groups excluding carboxylic acids is 1. The van der Waals surface area contributed by atoms with Gasteiger partial charge in [-0.1, -0.05) is 6.07 Å². The first-order chi connectivity index (χ1) is 11.5. The van der Waals surface area contributed by atoms with Crippen LogP contribution < -0.4 is 0 Å². The van der Waals surface area contributed by atoms with E-state index < -0.39 is 23.1 Å². The number of carbonyl (C=O) groups is 1. The first kappa shape index (κ1) is 16.6. The van der Waals surface area contributed by atoms with E-state index in [0.717, 1.165) is 30.8 Å². The number of nitrogens with zero attached hydrogens (tertiary/aromatic N) is 3. The van der Waals surface area contributed by atoms with Gasteiger partial charge in [-0.25, -0.2) is 13.8 Å². The Morgan fingerprint density at radius 3 is 2.42 bits per heavy atom. The quantitative estimate of drug-likeness (QED) is 0.858. The molecule has 0 saturated carbocycles. The molecule has 2 aromatic rings. The summed E-state index contributed by atoms with van der Waals surface area (Å²) in [6.07, 6.45) is 5.24. The average Bonchev–Trinajstić information content (AvgIpc) is 3.04. The van der Waals surface area contributed by atoms with E-state index in [2.05, 4.69) is 23.4 Å². The molecule has 1 aliphatic heterocycles. The van der Waals surface area contributed by atoms with Gasteiger partial charge in [0.15, 0.2) is 0 Å². The predicted molar refractivity (Wildman–Crippen MR) is 86.8 cm³/mol. The van der Waals surface area contributed by atoms with Crippen LogP contribution in [0.1, 0.15) is 54.8 Å². The summed E-state index contributed by atoms with van der Waals surface area (Å²) >= 11 is 0. The summed E-state index contributed by atoms with van der Waals surface area (Å²) < 4.78 is 29.7. The second-order valence-electron chi connectivity index (χ2n) is 6.45. The van der Waals surface area contributed by atoms with Crippen LogP contribution in [0.15, 0.2) is 30.6 Å². The van der Waals surface area contributed by atoms with E-state index in [1.165, 1.54) is 11.0 Å². The highest BCUT2D eigenvalue weighted by molar-refractivity contribution is 5.94. The molecule has 4 nitrogen and oxygen atoms in total. The predicted octanol–water partition coefficient (Wildman–Crippen LogP) is 3.76. The summed E-state index contributed by atoms with van der Waals surface area (Å²) in [5.74, 6) is -0.905. The Kier molecular flexibility index (Phi) is 4.64. The van der Waals surface area contributed by atoms with Crippen molar-refractivity contribution in [2.24, 2.45) is 0 Å². The monoisotopic (exact) mass is 333 g/mol. The van der Waals surface area contributed by atoms with Gasteiger partial charge in [0.1, 0.15) is 23.0 Å². The summed E-state index contributed by atoms with van der Waals surface area (Å²) in [4.78, 5) is 18.4. The third-order valence-corrected chi connectivity index (χ3v) is 4.58. The minimum atomic E-state index is -0.808. The molecule has 1 aliphatic rings. The molecule has 6 heteroatoms. The van der Waals surface area contributed by atoms with Gasteiger partial charge in [0.2, 0.25) is 0 Å². The average molecular weight is 333 g/mol. The van der Waals surface area contributed by atoms with E-state index >= 15 is 0 Å². The molecule has 0 spiro atoms. The Hall–Kier alpha value is -2.24. The summed E-state index contributed by atoms with van der Waals surface area (Å²) in [5, 5.41) is 0. The zero-order valence-electron chi connectivity index (χ0n) is 13.9. The number of likely N-dealkylation sites (tertiary alicyclic amines) is 1. The number of halogens is 2. The molecule has 3 rings (SSSR count). The number of hydrogen-bond donors (Lipinski definition) is 0. The Labute approximate surface area is 140 Å². The molecule has 0 N–H and O–H groups in total. The van der Waals surface area contributed by atoms with Crippen molar-refractivity contribution in [1.29, 1.82) is 0 Å². The molecule has 0 atom stereocenters. The van der Waals surface area contributed by atoms with Crippen molar-refractivity contribution in [3.05, 3.63) is 53.6 Å². The van der Waals surface area contributed by atoms with Crippen molar-refractivity contribution < 1.29 is 13.6 Å². The van der Waals surface area contributed by atoms with Crippen LogP contribution in [0.25, 0.3) is 0 Å². The van der Waals surface area contributed by atoms with Crippen molar-refractivity contribution in [3.63, 3.8) is 0 Å². The lowest BCUT2D eigenvalue weighted by molar-refractivity contribution is 0.0700. The highest BCUT2D eigenvalue weighted by Gasteiger charge is 2.29. The fourth-order valence-corrected chi connectivity index (χ4v) is 3.28. The molecule has 1 aromatic heterocycles. The molecule has 2 heterocycles. The van der Waals surface area contributed by atoms with E-state index in [1.54, 1.807) is 6.20 Å². The number of rotatable bonds is 3. The first-order valence-electron chi connectivity index (χ1n) is 8.25. The van der Waals surface area contributed by atoms with Gasteiger partial charge in [-0.2, -0.15) is 0 Å². The molecule has 0 bridgehead atoms. The summed E-state index contributed by atoms with van der Waals surface area (Å²) in [7, 11) is 0. The van der Waals surface area contributed by atoms with Crippen LogP contribution in [0.4, 0.5) is 8.78 Å². The van der Waals surface area contributed by atoms with Crippen LogP contribution in [0.5, 0.6) is 0 Å². The van der Waals surface area contributed by atoms with Crippen LogP contribution in [0.3, 0.4) is 0 Å². The molecular weight excluding hydrogens is 312 g/mol. The zero-order valence-corrected chi connectivity index (χ0v) is 13.9. The molecule has 128 valence electrons. The Morgan fingerprint density at radius 2 is 1.83 bits per heavy atom. The smallest absolute Gasteiger partial charge is 0.259 e. The molecule has 1 fully saturated rings. The van der Waals surface area contributed by atoms with Gasteiger partial charge in [0.05, 0.1) is 0 Å². The van der Waals surface area contributed by atoms with Gasteiger partial charge in [0, 0.05) is 37.4 Å². The van der Waals surface area contributed by atoms with Crippen LogP contribution >= 0.6 is 0 Å². The largest absolute Gasteiger partial charge is 0.338 e. The van der Waals surface area contributed by atoms with Gasteiger partial charge in [0.25, 0.3) is 5.91 Å². The van der Waals surface area contributed by atoms with E-state index in [1.807, 2.05) is 6.20 Å². The summed E-state index contributed by atoms with van der Waals surface area (Å²) in [5.41, 5.74) is -0.459. The summed E-state index contributed by atoms with van der Waals surface area (Å²) in [6, 6.07) is 3.82. The zero-order chi connectivity index (χ0) is 17.3. The lowest BCUT2D eigenvalue weighted by atomic mass is 9.95. The van der Waals surface area contributed by atoms with Gasteiger partial charge < -0.3 is 9.47 Å². The van der Waals surface area contributed by atoms with E-state index in [0.29, 0.717) is 19.1 Å². The lowest BCUT2D eigenvalue weighted by Gasteiger charge is -2.32. The van der Waals surface area contributed by atoms with E-state index in [9.17, 15) is 13.6 Å². The Bertz CT molecular complexity index is 713. The second-order valence-corrected chi connectivity index (χ2v) is 6.45. The van der Waals surface area contributed by atoms with Gasteiger partial charge >= 0.3 is 0 Å². The number of benzene rings is 1. The topological polar surface area (TPSA) is 38.1 Å². The molecule has 24 heavy (non-hydrogen) atoms. The van der Waals surface area contributed by atoms with Crippen LogP contribution in [0.2, 0.25) is 0 Å². The third kappa shape index (κ3) is 3.05. The van der Waals surface area contributed by atoms with Crippen molar-refractivity contribution in [1.82, 2.24) is 14.5 Å². The van der Waals surface area contributed by atoms with Gasteiger partial charge in [-0.3, -0.25) is 4.79 Å². The Morgan fingerprint density at radius 1 is 1.21 bits per heavy atom. The van der Waals surface area contributed by atoms with Crippen LogP contribution in [-0.4, -0.2) is 33.4 Å². The maximum absolute atomic E-state index is 13.8. The fraction of sp³-hybridized carbons (Fsp3) is 0.444. The van der Waals surface area contributed by atoms with Crippen LogP contribution in [0, 0.1) is 11.6 Å². The molecule has 0 aliphatic carbocycles. The first-order valence-corrected chi connectivity index (χ1v) is 8.25. The minimum Gasteiger partial charge on any atom is -0.338 e. The standard InChI is InChI=1S/C18H21F2N3O/c1-12(2)23-11-8-21-17(23)13-6-9-22(10-7-13)18(24)16-14(19)4-3-5-15(16)20/h3-5,8,11-13H,6-7,9-10H2,1-2H3. The van der Waals surface area contributed by atoms with E-state index in [4.69, 9.17) is 0 Å². The fourth-order valence-electron chi connectivity index (χ4n) is 3.28. The molecule has 1 amide bonds. The normalized spacial score (nSPS) is 16.0. The van der Waals surface area contributed by atoms with Gasteiger partial charge in [-0.05, 0) is 38.8 Å². The molecule has 0 unspecified atom stereocenters. The van der Waals surface area contributed by atoms with Crippen molar-refractivity contribution in [3.8, 4) is 0 Å². The molecule has 1 saturated heterocycles. The molecular formula is C18H21F2N3O. The number of hydrogen-bond acceptors (Lipinski definition) is 2. The maximum Gasteiger partial charge on any atom is 0.259 e. The lowest BCUT2D eigenvalue weighted by Crippen LogP contribution is -2.39. The molecule has 1 aromatic carbocycles. The third-order valence-electron chi connectivity index (χ3n) is 4.58.